The van der Waals surface area contributed by atoms with Gasteiger partial charge in [0.15, 0.2) is 11.5 Å². The summed E-state index contributed by atoms with van der Waals surface area (Å²) in [6, 6.07) is 7.54. The van der Waals surface area contributed by atoms with Gasteiger partial charge in [0.1, 0.15) is 16.4 Å². The molecule has 0 spiro atoms. The van der Waals surface area contributed by atoms with Crippen molar-refractivity contribution in [1.82, 2.24) is 10.2 Å². The summed E-state index contributed by atoms with van der Waals surface area (Å²) in [5.41, 5.74) is -1.26. The summed E-state index contributed by atoms with van der Waals surface area (Å²) in [5.74, 6) is -2.97. The lowest BCUT2D eigenvalue weighted by molar-refractivity contribution is -0.760. The van der Waals surface area contributed by atoms with Crippen molar-refractivity contribution >= 4 is 39.2 Å². The van der Waals surface area contributed by atoms with Gasteiger partial charge in [-0.05, 0) is 50.6 Å². The summed E-state index contributed by atoms with van der Waals surface area (Å²) in [4.78, 5) is 67.9. The maximum absolute atomic E-state index is 13.7. The molecular formula is C27H32N4O11S. The van der Waals surface area contributed by atoms with Crippen molar-refractivity contribution in [2.24, 2.45) is 5.41 Å². The van der Waals surface area contributed by atoms with Gasteiger partial charge < -0.3 is 24.9 Å². The molecular weight excluding hydrogens is 588 g/mol. The molecule has 2 N–H and O–H groups in total. The number of sulfone groups is 1. The number of ether oxygens (including phenoxy) is 2. The molecule has 15 nitrogen and oxygen atoms in total. The molecule has 0 saturated heterocycles. The highest BCUT2D eigenvalue weighted by atomic mass is 32.2. The monoisotopic (exact) mass is 620 g/mol. The molecule has 0 saturated carbocycles. The Morgan fingerprint density at radius 3 is 2.42 bits per heavy atom. The molecule has 3 rings (SSSR count). The number of imide groups is 1. The Balaban J connectivity index is 1.88. The molecule has 0 bridgehead atoms. The Morgan fingerprint density at radius 1 is 1.12 bits per heavy atom. The number of amides is 4. The first-order valence-corrected chi connectivity index (χ1v) is 15.0. The standard InChI is InChI=1S/C27H32N4O11S/c1-6-41-21-12-16(10-11-20(21)40-4)19(14-43(5,38)39)30-24(33)17-8-7-9-18(23(17)25(30)34)29-22(32)13-28-26(35)27(2,3)15-42-31(36)37/h7-12,19H,6,13-15H2,1-5H3,(H,28,35)(H,29,32)/t19-/m1/s1. The number of hydrogen-bond acceptors (Lipinski definition) is 11. The number of anilines is 1. The Hall–Kier alpha value is -4.73. The van der Waals surface area contributed by atoms with Gasteiger partial charge in [-0.15, -0.1) is 10.1 Å². The van der Waals surface area contributed by atoms with E-state index in [9.17, 15) is 37.7 Å². The van der Waals surface area contributed by atoms with Gasteiger partial charge in [0.25, 0.3) is 16.9 Å². The van der Waals surface area contributed by atoms with Crippen molar-refractivity contribution in [2.45, 2.75) is 26.8 Å². The summed E-state index contributed by atoms with van der Waals surface area (Å²) < 4.78 is 35.8. The van der Waals surface area contributed by atoms with Crippen molar-refractivity contribution in [1.29, 1.82) is 0 Å². The second-order valence-corrected chi connectivity index (χ2v) is 12.5. The minimum Gasteiger partial charge on any atom is -0.493 e. The normalized spacial score (nSPS) is 13.7. The number of benzene rings is 2. The van der Waals surface area contributed by atoms with Crippen molar-refractivity contribution in [3.05, 3.63) is 63.2 Å². The van der Waals surface area contributed by atoms with E-state index in [1.807, 2.05) is 0 Å². The van der Waals surface area contributed by atoms with Gasteiger partial charge in [0, 0.05) is 6.26 Å². The molecule has 0 radical (unpaired) electrons. The van der Waals surface area contributed by atoms with Gasteiger partial charge in [-0.1, -0.05) is 12.1 Å². The van der Waals surface area contributed by atoms with Gasteiger partial charge in [0.2, 0.25) is 11.8 Å². The first-order valence-electron chi connectivity index (χ1n) is 12.9. The van der Waals surface area contributed by atoms with Crippen LogP contribution in [0.3, 0.4) is 0 Å². The predicted octanol–water partition coefficient (Wildman–Crippen LogP) is 1.77. The van der Waals surface area contributed by atoms with Crippen LogP contribution in [0, 0.1) is 15.5 Å². The van der Waals surface area contributed by atoms with Crippen LogP contribution in [0.15, 0.2) is 36.4 Å². The SMILES string of the molecule is CCOc1cc([C@@H](CS(C)(=O)=O)N2C(=O)c3cccc(NC(=O)CNC(=O)C(C)(C)CO[N+](=O)[O-])c3C2=O)ccc1OC. The molecule has 0 fully saturated rings. The van der Waals surface area contributed by atoms with Crippen molar-refractivity contribution < 1.29 is 47.0 Å². The first-order chi connectivity index (χ1) is 20.1. The summed E-state index contributed by atoms with van der Waals surface area (Å²) in [6.45, 7) is 3.70. The van der Waals surface area contributed by atoms with Gasteiger partial charge in [0.05, 0.1) is 54.3 Å². The number of carbonyl (C=O) groups is 4. The minimum absolute atomic E-state index is 0.0311. The maximum atomic E-state index is 13.7. The van der Waals surface area contributed by atoms with Gasteiger partial charge in [-0.25, -0.2) is 8.42 Å². The average molecular weight is 621 g/mol. The highest BCUT2D eigenvalue weighted by Gasteiger charge is 2.43. The lowest BCUT2D eigenvalue weighted by Gasteiger charge is -2.27. The highest BCUT2D eigenvalue weighted by Crippen LogP contribution is 2.38. The predicted molar refractivity (Wildman–Crippen MR) is 152 cm³/mol. The van der Waals surface area contributed by atoms with Crippen LogP contribution in [0.4, 0.5) is 5.69 Å². The van der Waals surface area contributed by atoms with Gasteiger partial charge in [-0.3, -0.25) is 24.1 Å². The molecule has 43 heavy (non-hydrogen) atoms. The molecule has 1 atom stereocenters. The zero-order valence-corrected chi connectivity index (χ0v) is 25.0. The minimum atomic E-state index is -3.72. The molecule has 232 valence electrons. The van der Waals surface area contributed by atoms with E-state index in [1.54, 1.807) is 13.0 Å². The maximum Gasteiger partial charge on any atom is 0.294 e. The van der Waals surface area contributed by atoms with E-state index in [0.29, 0.717) is 17.1 Å². The topological polar surface area (TPSA) is 201 Å². The Morgan fingerprint density at radius 2 is 1.81 bits per heavy atom. The number of hydrogen-bond donors (Lipinski definition) is 2. The highest BCUT2D eigenvalue weighted by molar-refractivity contribution is 7.90. The zero-order chi connectivity index (χ0) is 32.1. The Bertz CT molecular complexity index is 1560. The van der Waals surface area contributed by atoms with Crippen molar-refractivity contribution in [3.8, 4) is 11.5 Å². The second kappa shape index (κ2) is 13.1. The van der Waals surface area contributed by atoms with E-state index in [4.69, 9.17) is 9.47 Å². The van der Waals surface area contributed by atoms with E-state index < -0.39 is 68.9 Å². The first kappa shape index (κ1) is 32.8. The van der Waals surface area contributed by atoms with Crippen LogP contribution in [-0.2, 0) is 24.3 Å². The van der Waals surface area contributed by atoms with Crippen LogP contribution in [0.2, 0.25) is 0 Å². The van der Waals surface area contributed by atoms with Crippen LogP contribution >= 0.6 is 0 Å². The van der Waals surface area contributed by atoms with E-state index in [0.717, 1.165) is 11.2 Å². The number of methoxy groups -OCH3 is 1. The summed E-state index contributed by atoms with van der Waals surface area (Å²) >= 11 is 0. The summed E-state index contributed by atoms with van der Waals surface area (Å²) in [5, 5.41) is 14.3. The zero-order valence-electron chi connectivity index (χ0n) is 24.2. The van der Waals surface area contributed by atoms with Crippen LogP contribution in [0.5, 0.6) is 11.5 Å². The smallest absolute Gasteiger partial charge is 0.294 e. The van der Waals surface area contributed by atoms with Crippen LogP contribution < -0.4 is 20.1 Å². The number of nitrogens with one attached hydrogen (secondary N) is 2. The third kappa shape index (κ3) is 7.77. The van der Waals surface area contributed by atoms with E-state index in [2.05, 4.69) is 15.5 Å². The van der Waals surface area contributed by atoms with E-state index in [-0.39, 0.29) is 23.4 Å². The molecule has 0 aromatic heterocycles. The van der Waals surface area contributed by atoms with Crippen LogP contribution in [0.25, 0.3) is 0 Å². The quantitative estimate of drug-likeness (QED) is 0.177. The van der Waals surface area contributed by atoms with Crippen LogP contribution in [-0.4, -0.2) is 80.9 Å². The summed E-state index contributed by atoms with van der Waals surface area (Å²) in [6.07, 6.45) is 0.982. The van der Waals surface area contributed by atoms with E-state index in [1.165, 1.54) is 51.3 Å². The molecule has 1 aliphatic rings. The molecule has 4 amide bonds. The Labute approximate surface area is 247 Å². The summed E-state index contributed by atoms with van der Waals surface area (Å²) in [7, 11) is -2.29. The Kier molecular flexibility index (Phi) is 9.96. The molecule has 16 heteroatoms. The lowest BCUT2D eigenvalue weighted by atomic mass is 9.94. The molecule has 0 aliphatic carbocycles. The third-order valence-corrected chi connectivity index (χ3v) is 7.34. The number of rotatable bonds is 14. The average Bonchev–Trinajstić information content (AvgIpc) is 3.19. The van der Waals surface area contributed by atoms with Crippen molar-refractivity contribution in [2.75, 3.05) is 44.2 Å². The van der Waals surface area contributed by atoms with Crippen molar-refractivity contribution in [3.63, 3.8) is 0 Å². The second-order valence-electron chi connectivity index (χ2n) is 10.3. The molecule has 2 aromatic carbocycles. The lowest BCUT2D eigenvalue weighted by Crippen LogP contribution is -2.43. The van der Waals surface area contributed by atoms with Crippen LogP contribution in [0.1, 0.15) is 53.1 Å². The molecule has 0 unspecified atom stereocenters. The fourth-order valence-electron chi connectivity index (χ4n) is 4.34. The number of carbonyl (C=O) groups excluding carboxylic acids is 4. The van der Waals surface area contributed by atoms with E-state index >= 15 is 0 Å². The fourth-order valence-corrected chi connectivity index (χ4v) is 5.26. The van der Waals surface area contributed by atoms with Gasteiger partial charge >= 0.3 is 0 Å². The van der Waals surface area contributed by atoms with Gasteiger partial charge in [-0.2, -0.15) is 0 Å². The third-order valence-electron chi connectivity index (χ3n) is 6.42. The fraction of sp³-hybridized carbons (Fsp3) is 0.407. The largest absolute Gasteiger partial charge is 0.493 e. The molecule has 1 aliphatic heterocycles. The number of fused-ring (bicyclic) bond motifs is 1. The number of nitrogens with zero attached hydrogens (tertiary/aromatic N) is 2. The molecule has 2 aromatic rings. The molecule has 1 heterocycles.